The van der Waals surface area contributed by atoms with Gasteiger partial charge in [0, 0.05) is 43.3 Å². The van der Waals surface area contributed by atoms with E-state index in [4.69, 9.17) is 0 Å². The minimum absolute atomic E-state index is 0.0344. The molecule has 3 heterocycles. The van der Waals surface area contributed by atoms with Gasteiger partial charge in [0.2, 0.25) is 0 Å². The molecule has 20 heavy (non-hydrogen) atoms. The lowest BCUT2D eigenvalue weighted by atomic mass is 10.0. The minimum Gasteiger partial charge on any atom is -0.390 e. The van der Waals surface area contributed by atoms with Gasteiger partial charge in [-0.3, -0.25) is 9.30 Å². The summed E-state index contributed by atoms with van der Waals surface area (Å²) in [6.07, 6.45) is 1.98. The van der Waals surface area contributed by atoms with Gasteiger partial charge in [0.15, 0.2) is 10.8 Å². The molecule has 5 nitrogen and oxygen atoms in total. The first-order valence-corrected chi connectivity index (χ1v) is 7.94. The van der Waals surface area contributed by atoms with Crippen molar-refractivity contribution in [3.8, 4) is 0 Å². The maximum atomic E-state index is 9.64. The van der Waals surface area contributed by atoms with Crippen LogP contribution in [0.5, 0.6) is 0 Å². The van der Waals surface area contributed by atoms with E-state index in [1.54, 1.807) is 11.3 Å². The highest BCUT2D eigenvalue weighted by atomic mass is 32.1. The van der Waals surface area contributed by atoms with Crippen LogP contribution in [0.3, 0.4) is 0 Å². The lowest BCUT2D eigenvalue weighted by molar-refractivity contribution is 0.128. The van der Waals surface area contributed by atoms with Gasteiger partial charge in [0.05, 0.1) is 12.3 Å². The summed E-state index contributed by atoms with van der Waals surface area (Å²) in [6.45, 7) is 10.8. The third-order valence-corrected chi connectivity index (χ3v) is 4.77. The molecule has 1 N–H and O–H groups in total. The molecule has 0 spiro atoms. The fourth-order valence-electron chi connectivity index (χ4n) is 2.81. The molecular formula is C14H22N4OS. The number of imidazole rings is 1. The molecule has 0 unspecified atom stereocenters. The largest absolute Gasteiger partial charge is 0.390 e. The van der Waals surface area contributed by atoms with Crippen LogP contribution in [-0.2, 0) is 6.61 Å². The van der Waals surface area contributed by atoms with Crippen molar-refractivity contribution in [1.82, 2.24) is 14.3 Å². The molecule has 2 aromatic heterocycles. The van der Waals surface area contributed by atoms with Gasteiger partial charge in [-0.05, 0) is 20.8 Å². The summed E-state index contributed by atoms with van der Waals surface area (Å²) < 4.78 is 2.00. The zero-order valence-corrected chi connectivity index (χ0v) is 13.2. The fraction of sp³-hybridized carbons (Fsp3) is 0.643. The number of nitrogens with zero attached hydrogens (tertiary/aromatic N) is 4. The Hall–Kier alpha value is -1.11. The Morgan fingerprint density at radius 2 is 1.95 bits per heavy atom. The van der Waals surface area contributed by atoms with Crippen LogP contribution in [0.4, 0.5) is 5.82 Å². The number of hydrogen-bond acceptors (Lipinski definition) is 5. The normalized spacial score (nSPS) is 18.1. The van der Waals surface area contributed by atoms with Gasteiger partial charge in [0.25, 0.3) is 0 Å². The van der Waals surface area contributed by atoms with E-state index in [0.29, 0.717) is 0 Å². The van der Waals surface area contributed by atoms with E-state index in [1.807, 2.05) is 16.0 Å². The van der Waals surface area contributed by atoms with Crippen LogP contribution >= 0.6 is 11.3 Å². The Morgan fingerprint density at radius 3 is 2.55 bits per heavy atom. The number of aliphatic hydroxyl groups excluding tert-OH is 1. The Kier molecular flexibility index (Phi) is 3.48. The molecule has 1 aliphatic rings. The van der Waals surface area contributed by atoms with Gasteiger partial charge in [-0.25, -0.2) is 4.98 Å². The molecule has 1 saturated heterocycles. The number of piperazine rings is 1. The molecule has 3 rings (SSSR count). The fourth-order valence-corrected chi connectivity index (χ4v) is 3.54. The van der Waals surface area contributed by atoms with Gasteiger partial charge < -0.3 is 10.0 Å². The first kappa shape index (κ1) is 13.9. The summed E-state index contributed by atoms with van der Waals surface area (Å²) in [5.74, 6) is 0.952. The van der Waals surface area contributed by atoms with Crippen molar-refractivity contribution < 1.29 is 5.11 Å². The van der Waals surface area contributed by atoms with Gasteiger partial charge in [-0.15, -0.1) is 11.3 Å². The number of aliphatic hydroxyl groups is 1. The maximum Gasteiger partial charge on any atom is 0.195 e. The second kappa shape index (κ2) is 5.02. The van der Waals surface area contributed by atoms with E-state index in [9.17, 15) is 5.11 Å². The van der Waals surface area contributed by atoms with E-state index < -0.39 is 0 Å². The quantitative estimate of drug-likeness (QED) is 0.917. The van der Waals surface area contributed by atoms with Crippen molar-refractivity contribution in [2.75, 3.05) is 31.1 Å². The summed E-state index contributed by atoms with van der Waals surface area (Å²) in [5, 5.41) is 11.6. The number of fused-ring (bicyclic) bond motifs is 1. The average Bonchev–Trinajstić information content (AvgIpc) is 2.97. The highest BCUT2D eigenvalue weighted by Crippen LogP contribution is 2.26. The summed E-state index contributed by atoms with van der Waals surface area (Å²) >= 11 is 1.61. The molecule has 1 aliphatic heterocycles. The van der Waals surface area contributed by atoms with E-state index >= 15 is 0 Å². The summed E-state index contributed by atoms with van der Waals surface area (Å²) in [4.78, 5) is 10.4. The van der Waals surface area contributed by atoms with Crippen molar-refractivity contribution in [2.45, 2.75) is 32.9 Å². The van der Waals surface area contributed by atoms with Gasteiger partial charge >= 0.3 is 0 Å². The van der Waals surface area contributed by atoms with Crippen LogP contribution in [-0.4, -0.2) is 51.1 Å². The van der Waals surface area contributed by atoms with Crippen molar-refractivity contribution in [2.24, 2.45) is 0 Å². The number of rotatable bonds is 2. The van der Waals surface area contributed by atoms with E-state index in [-0.39, 0.29) is 12.1 Å². The Labute approximate surface area is 123 Å². The molecule has 6 heteroatoms. The standard InChI is InChI=1S/C14H22N4OS/c1-14(2,3)17-6-4-16(5-7-17)12-11(10-19)18-8-9-20-13(18)15-12/h8-9,19H,4-7,10H2,1-3H3. The molecule has 110 valence electrons. The topological polar surface area (TPSA) is 44.0 Å². The third kappa shape index (κ3) is 2.32. The zero-order valence-electron chi connectivity index (χ0n) is 12.3. The van der Waals surface area contributed by atoms with E-state index in [0.717, 1.165) is 42.7 Å². The number of hydrogen-bond donors (Lipinski definition) is 1. The molecule has 0 atom stereocenters. The second-order valence-electron chi connectivity index (χ2n) is 6.24. The third-order valence-electron chi connectivity index (χ3n) is 4.02. The minimum atomic E-state index is 0.0344. The highest BCUT2D eigenvalue weighted by Gasteiger charge is 2.28. The van der Waals surface area contributed by atoms with Crippen molar-refractivity contribution in [3.05, 3.63) is 17.3 Å². The molecule has 0 bridgehead atoms. The first-order valence-electron chi connectivity index (χ1n) is 7.06. The molecule has 0 aliphatic carbocycles. The zero-order chi connectivity index (χ0) is 14.3. The number of thiazole rings is 1. The van der Waals surface area contributed by atoms with E-state index in [1.165, 1.54) is 0 Å². The lowest BCUT2D eigenvalue weighted by Crippen LogP contribution is -2.53. The summed E-state index contributed by atoms with van der Waals surface area (Å²) in [5.41, 5.74) is 1.13. The molecule has 1 fully saturated rings. The van der Waals surface area contributed by atoms with Crippen LogP contribution < -0.4 is 4.90 Å². The van der Waals surface area contributed by atoms with Crippen LogP contribution in [0.1, 0.15) is 26.5 Å². The number of anilines is 1. The summed E-state index contributed by atoms with van der Waals surface area (Å²) in [7, 11) is 0. The average molecular weight is 294 g/mol. The van der Waals surface area contributed by atoms with Crippen molar-refractivity contribution >= 4 is 22.1 Å². The second-order valence-corrected chi connectivity index (χ2v) is 7.11. The monoisotopic (exact) mass is 294 g/mol. The Bertz CT molecular complexity index is 590. The smallest absolute Gasteiger partial charge is 0.195 e. The van der Waals surface area contributed by atoms with Crippen molar-refractivity contribution in [1.29, 1.82) is 0 Å². The van der Waals surface area contributed by atoms with Crippen LogP contribution in [0.25, 0.3) is 4.96 Å². The Balaban J connectivity index is 1.81. The molecule has 0 amide bonds. The van der Waals surface area contributed by atoms with Crippen LogP contribution in [0.15, 0.2) is 11.6 Å². The molecular weight excluding hydrogens is 272 g/mol. The molecule has 0 aromatic carbocycles. The predicted octanol–water partition coefficient (Wildman–Crippen LogP) is 1.81. The molecule has 0 radical (unpaired) electrons. The van der Waals surface area contributed by atoms with Gasteiger partial charge in [0.1, 0.15) is 0 Å². The highest BCUT2D eigenvalue weighted by molar-refractivity contribution is 7.15. The SMILES string of the molecule is CC(C)(C)N1CCN(c2nc3sccn3c2CO)CC1. The van der Waals surface area contributed by atoms with Gasteiger partial charge in [-0.1, -0.05) is 0 Å². The molecule has 2 aromatic rings. The maximum absolute atomic E-state index is 9.64. The van der Waals surface area contributed by atoms with E-state index in [2.05, 4.69) is 35.6 Å². The van der Waals surface area contributed by atoms with Crippen LogP contribution in [0, 0.1) is 0 Å². The predicted molar refractivity (Wildman–Crippen MR) is 82.5 cm³/mol. The van der Waals surface area contributed by atoms with Crippen molar-refractivity contribution in [3.63, 3.8) is 0 Å². The molecule has 0 saturated carbocycles. The van der Waals surface area contributed by atoms with Crippen LogP contribution in [0.2, 0.25) is 0 Å². The summed E-state index contributed by atoms with van der Waals surface area (Å²) in [6, 6.07) is 0. The lowest BCUT2D eigenvalue weighted by Gasteiger charge is -2.42. The number of aromatic nitrogens is 2. The van der Waals surface area contributed by atoms with Gasteiger partial charge in [-0.2, -0.15) is 0 Å². The Morgan fingerprint density at radius 1 is 1.25 bits per heavy atom. The first-order chi connectivity index (χ1) is 9.50.